The third-order valence-corrected chi connectivity index (χ3v) is 3.87. The molecule has 0 heterocycles. The molecule has 0 saturated heterocycles. The van der Waals surface area contributed by atoms with Crippen LogP contribution in [0.25, 0.3) is 0 Å². The van der Waals surface area contributed by atoms with Gasteiger partial charge >= 0.3 is 5.97 Å². The molecule has 2 N–H and O–H groups in total. The van der Waals surface area contributed by atoms with Crippen molar-refractivity contribution >= 4 is 5.97 Å². The van der Waals surface area contributed by atoms with Crippen molar-refractivity contribution in [2.75, 3.05) is 6.61 Å². The first-order valence-electron chi connectivity index (χ1n) is 9.40. The van der Waals surface area contributed by atoms with Gasteiger partial charge in [0.25, 0.3) is 0 Å². The van der Waals surface area contributed by atoms with E-state index in [0.717, 1.165) is 44.9 Å². The maximum Gasteiger partial charge on any atom is 0.303 e. The number of carboxylic acid groups (broad SMARTS) is 1. The van der Waals surface area contributed by atoms with E-state index in [1.807, 2.05) is 0 Å². The number of aliphatic hydroxyl groups excluding tert-OH is 1. The Bertz CT molecular complexity index is 308. The van der Waals surface area contributed by atoms with E-state index in [1.165, 1.54) is 38.5 Å². The lowest BCUT2D eigenvalue weighted by atomic mass is 10.1. The molecule has 0 radical (unpaired) electrons. The number of rotatable bonds is 17. The summed E-state index contributed by atoms with van der Waals surface area (Å²) in [7, 11) is 0. The van der Waals surface area contributed by atoms with Gasteiger partial charge in [0.15, 0.2) is 0 Å². The highest BCUT2D eigenvalue weighted by Crippen LogP contribution is 2.09. The van der Waals surface area contributed by atoms with Gasteiger partial charge < -0.3 is 10.2 Å². The van der Waals surface area contributed by atoms with Gasteiger partial charge in [-0.25, -0.2) is 0 Å². The van der Waals surface area contributed by atoms with Gasteiger partial charge in [0.2, 0.25) is 0 Å². The quantitative estimate of drug-likeness (QED) is 0.269. The number of aliphatic carboxylic acids is 1. The molecule has 0 aromatic rings. The molecule has 0 amide bonds. The van der Waals surface area contributed by atoms with Crippen molar-refractivity contribution in [1.82, 2.24) is 0 Å². The average Bonchev–Trinajstić information content (AvgIpc) is 2.53. The Labute approximate surface area is 142 Å². The Kier molecular flexibility index (Phi) is 18.1. The van der Waals surface area contributed by atoms with Gasteiger partial charge in [0.05, 0.1) is 0 Å². The van der Waals surface area contributed by atoms with E-state index in [4.69, 9.17) is 10.2 Å². The highest BCUT2D eigenvalue weighted by molar-refractivity contribution is 5.66. The first-order valence-corrected chi connectivity index (χ1v) is 9.40. The zero-order chi connectivity index (χ0) is 17.0. The van der Waals surface area contributed by atoms with Crippen LogP contribution < -0.4 is 0 Å². The largest absolute Gasteiger partial charge is 0.481 e. The van der Waals surface area contributed by atoms with Crippen LogP contribution in [0.4, 0.5) is 0 Å². The summed E-state index contributed by atoms with van der Waals surface area (Å²) in [5.74, 6) is -0.689. The molecule has 0 bridgehead atoms. The molecule has 0 rings (SSSR count). The number of unbranched alkanes of at least 4 members (excludes halogenated alkanes) is 10. The number of hydrogen-bond donors (Lipinski definition) is 2. The van der Waals surface area contributed by atoms with Crippen LogP contribution >= 0.6 is 0 Å². The number of carbonyl (C=O) groups is 1. The maximum absolute atomic E-state index is 10.3. The molecule has 0 aliphatic carbocycles. The van der Waals surface area contributed by atoms with Crippen molar-refractivity contribution in [2.45, 2.75) is 89.9 Å². The van der Waals surface area contributed by atoms with Gasteiger partial charge in [-0.1, -0.05) is 43.6 Å². The third-order valence-electron chi connectivity index (χ3n) is 3.87. The van der Waals surface area contributed by atoms with Crippen molar-refractivity contribution in [3.63, 3.8) is 0 Å². The van der Waals surface area contributed by atoms with Gasteiger partial charge in [0.1, 0.15) is 0 Å². The second-order valence-electron chi connectivity index (χ2n) is 6.15. The van der Waals surface area contributed by atoms with Crippen LogP contribution in [0.15, 0.2) is 24.3 Å². The monoisotopic (exact) mass is 324 g/mol. The van der Waals surface area contributed by atoms with E-state index in [0.29, 0.717) is 13.0 Å². The minimum absolute atomic E-state index is 0.297. The lowest BCUT2D eigenvalue weighted by Crippen LogP contribution is -1.92. The Morgan fingerprint density at radius 1 is 0.609 bits per heavy atom. The molecule has 0 aromatic heterocycles. The Morgan fingerprint density at radius 3 is 1.43 bits per heavy atom. The number of carboxylic acids is 1. The molecule has 0 saturated carbocycles. The van der Waals surface area contributed by atoms with Gasteiger partial charge in [-0.2, -0.15) is 0 Å². The lowest BCUT2D eigenvalue weighted by Gasteiger charge is -1.98. The number of hydrogen-bond acceptors (Lipinski definition) is 2. The molecule has 0 aromatic carbocycles. The minimum Gasteiger partial charge on any atom is -0.481 e. The van der Waals surface area contributed by atoms with Crippen LogP contribution in [-0.4, -0.2) is 22.8 Å². The molecule has 0 fully saturated rings. The first-order chi connectivity index (χ1) is 11.3. The van der Waals surface area contributed by atoms with E-state index in [2.05, 4.69) is 24.3 Å². The van der Waals surface area contributed by atoms with Gasteiger partial charge in [-0.05, 0) is 64.2 Å². The molecule has 0 atom stereocenters. The van der Waals surface area contributed by atoms with E-state index in [-0.39, 0.29) is 0 Å². The zero-order valence-corrected chi connectivity index (χ0v) is 14.7. The highest BCUT2D eigenvalue weighted by Gasteiger charge is 1.94. The van der Waals surface area contributed by atoms with E-state index < -0.39 is 5.97 Å². The van der Waals surface area contributed by atoms with E-state index >= 15 is 0 Å². The molecule has 3 nitrogen and oxygen atoms in total. The van der Waals surface area contributed by atoms with Gasteiger partial charge in [-0.3, -0.25) is 4.79 Å². The number of allylic oxidation sites excluding steroid dienone is 4. The van der Waals surface area contributed by atoms with Crippen LogP contribution in [0.3, 0.4) is 0 Å². The molecular formula is C20H36O3. The predicted molar refractivity (Wildman–Crippen MR) is 97.6 cm³/mol. The first kappa shape index (κ1) is 21.9. The van der Waals surface area contributed by atoms with Crippen molar-refractivity contribution in [3.05, 3.63) is 24.3 Å². The third kappa shape index (κ3) is 20.9. The van der Waals surface area contributed by atoms with Crippen molar-refractivity contribution in [2.24, 2.45) is 0 Å². The fraction of sp³-hybridized carbons (Fsp3) is 0.750. The summed E-state index contributed by atoms with van der Waals surface area (Å²) in [5, 5.41) is 17.2. The van der Waals surface area contributed by atoms with Gasteiger partial charge in [-0.15, -0.1) is 0 Å². The van der Waals surface area contributed by atoms with Crippen LogP contribution in [0.1, 0.15) is 89.9 Å². The SMILES string of the molecule is O=C(O)CCCCC=CCCCCCCCC=CCCCCO. The molecule has 0 aliphatic rings. The molecule has 3 heteroatoms. The fourth-order valence-corrected chi connectivity index (χ4v) is 2.44. The van der Waals surface area contributed by atoms with Gasteiger partial charge in [0, 0.05) is 13.0 Å². The molecule has 134 valence electrons. The molecule has 0 unspecified atom stereocenters. The summed E-state index contributed by atoms with van der Waals surface area (Å²) in [4.78, 5) is 10.3. The number of aliphatic hydroxyl groups is 1. The Morgan fingerprint density at radius 2 is 1.00 bits per heavy atom. The summed E-state index contributed by atoms with van der Waals surface area (Å²) in [6.07, 6.45) is 24.0. The Balaban J connectivity index is 3.14. The fourth-order valence-electron chi connectivity index (χ4n) is 2.44. The second kappa shape index (κ2) is 19.0. The standard InChI is InChI=1S/C20H36O3/c21-19-17-15-13-11-9-7-5-3-1-2-4-6-8-10-12-14-16-18-20(22)23/h8-11,21H,1-7,12-19H2,(H,22,23). The Hall–Kier alpha value is -1.09. The van der Waals surface area contributed by atoms with Crippen molar-refractivity contribution in [1.29, 1.82) is 0 Å². The summed E-state index contributed by atoms with van der Waals surface area (Å²) < 4.78 is 0. The molecule has 23 heavy (non-hydrogen) atoms. The molecule has 0 spiro atoms. The lowest BCUT2D eigenvalue weighted by molar-refractivity contribution is -0.137. The zero-order valence-electron chi connectivity index (χ0n) is 14.7. The second-order valence-corrected chi connectivity index (χ2v) is 6.15. The van der Waals surface area contributed by atoms with Crippen LogP contribution in [0, 0.1) is 0 Å². The summed E-state index contributed by atoms with van der Waals surface area (Å²) in [6.45, 7) is 0.313. The normalized spacial score (nSPS) is 11.7. The van der Waals surface area contributed by atoms with E-state index in [9.17, 15) is 4.79 Å². The van der Waals surface area contributed by atoms with Crippen LogP contribution in [0.2, 0.25) is 0 Å². The summed E-state index contributed by atoms with van der Waals surface area (Å²) in [5.41, 5.74) is 0. The highest BCUT2D eigenvalue weighted by atomic mass is 16.4. The van der Waals surface area contributed by atoms with E-state index in [1.54, 1.807) is 0 Å². The smallest absolute Gasteiger partial charge is 0.303 e. The minimum atomic E-state index is -0.689. The summed E-state index contributed by atoms with van der Waals surface area (Å²) >= 11 is 0. The molecular weight excluding hydrogens is 288 g/mol. The van der Waals surface area contributed by atoms with Crippen molar-refractivity contribution in [3.8, 4) is 0 Å². The van der Waals surface area contributed by atoms with Crippen LogP contribution in [0.5, 0.6) is 0 Å². The maximum atomic E-state index is 10.3. The van der Waals surface area contributed by atoms with Crippen molar-refractivity contribution < 1.29 is 15.0 Å². The predicted octanol–water partition coefficient (Wildman–Crippen LogP) is 5.64. The molecule has 0 aliphatic heterocycles. The van der Waals surface area contributed by atoms with Crippen LogP contribution in [-0.2, 0) is 4.79 Å². The average molecular weight is 325 g/mol. The topological polar surface area (TPSA) is 57.5 Å². The summed E-state index contributed by atoms with van der Waals surface area (Å²) in [6, 6.07) is 0.